The molecule has 1 saturated heterocycles. The lowest BCUT2D eigenvalue weighted by atomic mass is 9.73. The number of Topliss-reactive ketones (excluding diaryl/α,β-unsaturated/α-hetero) is 1. The molecule has 182 valence electrons. The quantitative estimate of drug-likeness (QED) is 0.449. The molecule has 0 radical (unpaired) electrons. The molecule has 3 rings (SSSR count). The number of nitrogens with zero attached hydrogens (tertiary/aromatic N) is 3. The Morgan fingerprint density at radius 3 is 2.61 bits per heavy atom. The maximum atomic E-state index is 13.8. The third-order valence-electron chi connectivity index (χ3n) is 6.38. The van der Waals surface area contributed by atoms with E-state index in [4.69, 9.17) is 16.3 Å². The molecule has 1 N–H and O–H groups in total. The van der Waals surface area contributed by atoms with Crippen molar-refractivity contribution >= 4 is 29.4 Å². The Balaban J connectivity index is 1.89. The fourth-order valence-electron chi connectivity index (χ4n) is 4.66. The smallest absolute Gasteiger partial charge is 0.407 e. The number of carbonyl (C=O) groups is 3. The van der Waals surface area contributed by atoms with Gasteiger partial charge in [-0.15, -0.1) is 0 Å². The van der Waals surface area contributed by atoms with E-state index in [1.807, 2.05) is 26.8 Å². The van der Waals surface area contributed by atoms with Gasteiger partial charge < -0.3 is 19.6 Å². The summed E-state index contributed by atoms with van der Waals surface area (Å²) in [5, 5.41) is 10.2. The van der Waals surface area contributed by atoms with Crippen molar-refractivity contribution in [2.24, 2.45) is 11.3 Å². The Labute approximate surface area is 200 Å². The number of ketones is 1. The number of aryl methyl sites for hydroxylation is 1. The average molecular weight is 480 g/mol. The minimum Gasteiger partial charge on any atom is -0.465 e. The summed E-state index contributed by atoms with van der Waals surface area (Å²) < 4.78 is 5.11. The lowest BCUT2D eigenvalue weighted by Gasteiger charge is -2.46. The van der Waals surface area contributed by atoms with Gasteiger partial charge in [0.1, 0.15) is 11.7 Å². The Morgan fingerprint density at radius 2 is 2.03 bits per heavy atom. The summed E-state index contributed by atoms with van der Waals surface area (Å²) >= 11 is 6.43. The second kappa shape index (κ2) is 10.4. The molecule has 1 aromatic heterocycles. The number of carboxylic acid groups (broad SMARTS) is 1. The molecule has 2 fully saturated rings. The van der Waals surface area contributed by atoms with Gasteiger partial charge in [-0.05, 0) is 42.7 Å². The number of rotatable bonds is 8. The van der Waals surface area contributed by atoms with Crippen molar-refractivity contribution in [2.75, 3.05) is 20.3 Å². The third kappa shape index (κ3) is 6.03. The minimum atomic E-state index is -1.10. The summed E-state index contributed by atoms with van der Waals surface area (Å²) in [6.45, 7) is 6.64. The molecule has 33 heavy (non-hydrogen) atoms. The molecule has 1 aromatic rings. The highest BCUT2D eigenvalue weighted by atomic mass is 35.5. The van der Waals surface area contributed by atoms with Crippen LogP contribution in [0.5, 0.6) is 0 Å². The zero-order valence-corrected chi connectivity index (χ0v) is 20.6. The molecule has 1 saturated carbocycles. The summed E-state index contributed by atoms with van der Waals surface area (Å²) in [5.41, 5.74) is 1.07. The molecule has 0 bridgehead atoms. The summed E-state index contributed by atoms with van der Waals surface area (Å²) in [6, 6.07) is 1.23. The topological polar surface area (TPSA) is 100 Å². The molecule has 0 aromatic carbocycles. The van der Waals surface area contributed by atoms with Gasteiger partial charge in [-0.25, -0.2) is 4.79 Å². The van der Waals surface area contributed by atoms with Crippen molar-refractivity contribution in [1.29, 1.82) is 0 Å². The average Bonchev–Trinajstić information content (AvgIpc) is 3.57. The zero-order valence-electron chi connectivity index (χ0n) is 19.8. The first-order valence-corrected chi connectivity index (χ1v) is 11.9. The van der Waals surface area contributed by atoms with Crippen LogP contribution >= 0.6 is 11.6 Å². The van der Waals surface area contributed by atoms with E-state index in [0.717, 1.165) is 36.9 Å². The van der Waals surface area contributed by atoms with E-state index in [1.165, 1.54) is 4.90 Å². The van der Waals surface area contributed by atoms with E-state index in [9.17, 15) is 19.5 Å². The number of halogens is 1. The molecule has 2 amide bonds. The number of ether oxygens (including phenoxy) is 1. The molecule has 9 heteroatoms. The van der Waals surface area contributed by atoms with Crippen LogP contribution in [0.4, 0.5) is 4.79 Å². The maximum absolute atomic E-state index is 13.8. The predicted molar refractivity (Wildman–Crippen MR) is 124 cm³/mol. The van der Waals surface area contributed by atoms with Crippen LogP contribution in [0.25, 0.3) is 0 Å². The molecule has 2 heterocycles. The van der Waals surface area contributed by atoms with Crippen molar-refractivity contribution in [3.05, 3.63) is 28.5 Å². The van der Waals surface area contributed by atoms with E-state index < -0.39 is 23.5 Å². The van der Waals surface area contributed by atoms with Crippen LogP contribution < -0.4 is 0 Å². The van der Waals surface area contributed by atoms with E-state index in [2.05, 4.69) is 4.98 Å². The van der Waals surface area contributed by atoms with E-state index in [1.54, 1.807) is 18.2 Å². The Kier molecular flexibility index (Phi) is 8.00. The van der Waals surface area contributed by atoms with Gasteiger partial charge in [0.25, 0.3) is 0 Å². The molecule has 2 unspecified atom stereocenters. The van der Waals surface area contributed by atoms with Gasteiger partial charge in [-0.2, -0.15) is 0 Å². The minimum absolute atomic E-state index is 0.0345. The van der Waals surface area contributed by atoms with Crippen LogP contribution in [-0.2, 0) is 27.3 Å². The fraction of sp³-hybridized carbons (Fsp3) is 0.667. The predicted octanol–water partition coefficient (Wildman–Crippen LogP) is 3.79. The summed E-state index contributed by atoms with van der Waals surface area (Å²) in [7, 11) is 1.66. The Hall–Kier alpha value is -2.19. The Morgan fingerprint density at radius 1 is 1.33 bits per heavy atom. The normalized spacial score (nSPS) is 21.2. The molecule has 0 spiro atoms. The van der Waals surface area contributed by atoms with Crippen LogP contribution in [0.15, 0.2) is 12.3 Å². The second-order valence-corrected chi connectivity index (χ2v) is 10.4. The van der Waals surface area contributed by atoms with Crippen LogP contribution in [0.3, 0.4) is 0 Å². The molecular weight excluding hydrogens is 446 g/mol. The molecule has 2 aliphatic rings. The first-order valence-electron chi connectivity index (χ1n) is 11.5. The van der Waals surface area contributed by atoms with Gasteiger partial charge in [0.15, 0.2) is 0 Å². The number of likely N-dealkylation sites (tertiary alicyclic amines) is 1. The van der Waals surface area contributed by atoms with E-state index >= 15 is 0 Å². The number of hydrogen-bond acceptors (Lipinski definition) is 5. The number of hydrogen-bond donors (Lipinski definition) is 1. The number of piperidine rings is 1. The summed E-state index contributed by atoms with van der Waals surface area (Å²) in [6.07, 6.45) is 3.83. The Bertz CT molecular complexity index is 897. The van der Waals surface area contributed by atoms with Crippen molar-refractivity contribution in [2.45, 2.75) is 71.5 Å². The molecular formula is C24H34ClN3O5. The largest absolute Gasteiger partial charge is 0.465 e. The highest BCUT2D eigenvalue weighted by molar-refractivity contribution is 6.31. The standard InChI is InChI=1S/C24H34ClN3O5/c1-24(2,3)21-20(19(29)9-10-27(21)23(31)32)22(30)28(17-7-8-17)14-15-12-16(6-5-11-33-4)26-13-18(15)25/h12-13,17,20-21H,5-11,14H2,1-4H3,(H,31,32). The van der Waals surface area contributed by atoms with Gasteiger partial charge in [0, 0.05) is 51.2 Å². The molecule has 2 atom stereocenters. The lowest BCUT2D eigenvalue weighted by molar-refractivity contribution is -0.150. The molecule has 1 aliphatic heterocycles. The van der Waals surface area contributed by atoms with Crippen molar-refractivity contribution < 1.29 is 24.2 Å². The number of amides is 2. The maximum Gasteiger partial charge on any atom is 0.407 e. The van der Waals surface area contributed by atoms with Gasteiger partial charge in [-0.3, -0.25) is 14.6 Å². The van der Waals surface area contributed by atoms with Gasteiger partial charge in [0.05, 0.1) is 11.1 Å². The SMILES string of the molecule is COCCCc1cc(CN(C(=O)C2C(=O)CCN(C(=O)O)C2C(C)(C)C)C2CC2)c(Cl)cn1. The lowest BCUT2D eigenvalue weighted by Crippen LogP contribution is -2.61. The van der Waals surface area contributed by atoms with Crippen LogP contribution in [0.2, 0.25) is 5.02 Å². The highest BCUT2D eigenvalue weighted by Crippen LogP contribution is 2.38. The number of aromatic nitrogens is 1. The van der Waals surface area contributed by atoms with Crippen molar-refractivity contribution in [3.63, 3.8) is 0 Å². The van der Waals surface area contributed by atoms with Crippen LogP contribution in [0.1, 0.15) is 57.7 Å². The monoisotopic (exact) mass is 479 g/mol. The highest BCUT2D eigenvalue weighted by Gasteiger charge is 2.51. The number of carbonyl (C=O) groups excluding carboxylic acids is 2. The first-order chi connectivity index (χ1) is 15.5. The third-order valence-corrected chi connectivity index (χ3v) is 6.72. The zero-order chi connectivity index (χ0) is 24.3. The number of methoxy groups -OCH3 is 1. The van der Waals surface area contributed by atoms with E-state index in [0.29, 0.717) is 11.6 Å². The van der Waals surface area contributed by atoms with Crippen LogP contribution in [0, 0.1) is 11.3 Å². The number of pyridine rings is 1. The van der Waals surface area contributed by atoms with Crippen molar-refractivity contribution in [1.82, 2.24) is 14.8 Å². The summed E-state index contributed by atoms with van der Waals surface area (Å²) in [5.74, 6) is -1.51. The second-order valence-electron chi connectivity index (χ2n) is 10.0. The van der Waals surface area contributed by atoms with Crippen molar-refractivity contribution in [3.8, 4) is 0 Å². The van der Waals surface area contributed by atoms with Gasteiger partial charge in [0.2, 0.25) is 5.91 Å². The molecule has 1 aliphatic carbocycles. The summed E-state index contributed by atoms with van der Waals surface area (Å²) in [4.78, 5) is 46.2. The molecule has 8 nitrogen and oxygen atoms in total. The first kappa shape index (κ1) is 25.4. The van der Waals surface area contributed by atoms with Gasteiger partial charge in [-0.1, -0.05) is 32.4 Å². The fourth-order valence-corrected chi connectivity index (χ4v) is 4.82. The van der Waals surface area contributed by atoms with Gasteiger partial charge >= 0.3 is 6.09 Å². The van der Waals surface area contributed by atoms with E-state index in [-0.39, 0.29) is 37.2 Å². The van der Waals surface area contributed by atoms with Crippen LogP contribution in [-0.4, -0.2) is 70.0 Å².